The smallest absolute Gasteiger partial charge is 0.275 e. The number of hydrogen-bond acceptors (Lipinski definition) is 4. The monoisotopic (exact) mass is 432 g/mol. The predicted molar refractivity (Wildman–Crippen MR) is 124 cm³/mol. The van der Waals surface area contributed by atoms with E-state index >= 15 is 0 Å². The molecule has 0 bridgehead atoms. The van der Waals surface area contributed by atoms with E-state index in [0.29, 0.717) is 54.5 Å². The molecular formula is C25H28N4O3. The first-order valence-electron chi connectivity index (χ1n) is 11.1. The molecule has 2 heterocycles. The average molecular weight is 433 g/mol. The van der Waals surface area contributed by atoms with Gasteiger partial charge < -0.3 is 9.80 Å². The summed E-state index contributed by atoms with van der Waals surface area (Å²) >= 11 is 0. The van der Waals surface area contributed by atoms with Crippen LogP contribution in [0.5, 0.6) is 0 Å². The Morgan fingerprint density at radius 2 is 1.62 bits per heavy atom. The van der Waals surface area contributed by atoms with Crippen molar-refractivity contribution >= 4 is 22.6 Å². The Labute approximate surface area is 187 Å². The lowest BCUT2D eigenvalue weighted by Gasteiger charge is -2.38. The van der Waals surface area contributed by atoms with Gasteiger partial charge in [0.05, 0.1) is 5.39 Å². The fourth-order valence-corrected chi connectivity index (χ4v) is 4.43. The molecule has 0 radical (unpaired) electrons. The molecule has 1 fully saturated rings. The average Bonchev–Trinajstić information content (AvgIpc) is 2.84. The van der Waals surface area contributed by atoms with Crippen molar-refractivity contribution in [3.8, 4) is 0 Å². The number of amides is 2. The van der Waals surface area contributed by atoms with Gasteiger partial charge in [0.15, 0.2) is 5.69 Å². The zero-order valence-electron chi connectivity index (χ0n) is 18.5. The lowest BCUT2D eigenvalue weighted by Crippen LogP contribution is -2.49. The maximum Gasteiger partial charge on any atom is 0.275 e. The number of aryl methyl sites for hydroxylation is 1. The quantitative estimate of drug-likeness (QED) is 0.621. The number of benzene rings is 2. The number of carbonyl (C=O) groups excluding carboxylic acids is 2. The highest BCUT2D eigenvalue weighted by Crippen LogP contribution is 2.23. The van der Waals surface area contributed by atoms with Crippen molar-refractivity contribution in [2.24, 2.45) is 7.05 Å². The van der Waals surface area contributed by atoms with Crippen molar-refractivity contribution in [1.82, 2.24) is 19.6 Å². The van der Waals surface area contributed by atoms with Gasteiger partial charge in [-0.3, -0.25) is 14.4 Å². The Balaban J connectivity index is 1.56. The van der Waals surface area contributed by atoms with Gasteiger partial charge in [-0.15, -0.1) is 0 Å². The maximum atomic E-state index is 13.6. The number of hydrogen-bond donors (Lipinski definition) is 0. The largest absolute Gasteiger partial charge is 0.338 e. The molecule has 0 N–H and O–H groups in total. The first-order chi connectivity index (χ1) is 15.5. The summed E-state index contributed by atoms with van der Waals surface area (Å²) in [5.74, 6) is -0.130. The number of carbonyl (C=O) groups is 2. The molecule has 1 aliphatic heterocycles. The van der Waals surface area contributed by atoms with E-state index in [0.717, 1.165) is 6.42 Å². The fourth-order valence-electron chi connectivity index (χ4n) is 4.43. The van der Waals surface area contributed by atoms with Crippen LogP contribution in [0.3, 0.4) is 0 Å². The van der Waals surface area contributed by atoms with Crippen LogP contribution in [0.25, 0.3) is 10.8 Å². The van der Waals surface area contributed by atoms with Crippen LogP contribution < -0.4 is 5.56 Å². The molecule has 0 atom stereocenters. The van der Waals surface area contributed by atoms with Crippen molar-refractivity contribution in [2.75, 3.05) is 19.6 Å². The molecule has 166 valence electrons. The van der Waals surface area contributed by atoms with Crippen LogP contribution in [0.4, 0.5) is 0 Å². The molecule has 2 aromatic carbocycles. The lowest BCUT2D eigenvalue weighted by molar-refractivity contribution is 0.0515. The SMILES string of the molecule is CCCN(C(=O)c1nn(C)c(=O)c2ccccc12)C1CCN(C(=O)c2ccccc2)CC1. The third-order valence-electron chi connectivity index (χ3n) is 6.10. The van der Waals surface area contributed by atoms with Crippen LogP contribution in [0, 0.1) is 0 Å². The standard InChI is InChI=1S/C25H28N4O3/c1-3-15-29(19-13-16-28(17-14-19)23(30)18-9-5-4-6-10-18)25(32)22-20-11-7-8-12-21(20)24(31)27(2)26-22/h4-12,19H,3,13-17H2,1-2H3. The van der Waals surface area contributed by atoms with Gasteiger partial charge in [0.25, 0.3) is 17.4 Å². The lowest BCUT2D eigenvalue weighted by atomic mass is 10.0. The molecule has 7 heteroatoms. The van der Waals surface area contributed by atoms with Crippen molar-refractivity contribution in [1.29, 1.82) is 0 Å². The minimum absolute atomic E-state index is 0.0278. The van der Waals surface area contributed by atoms with Gasteiger partial charge in [0, 0.05) is 43.7 Å². The number of piperidine rings is 1. The Morgan fingerprint density at radius 3 is 2.28 bits per heavy atom. The Morgan fingerprint density at radius 1 is 1.00 bits per heavy atom. The molecule has 2 amide bonds. The van der Waals surface area contributed by atoms with Crippen molar-refractivity contribution < 1.29 is 9.59 Å². The summed E-state index contributed by atoms with van der Waals surface area (Å²) in [5.41, 5.74) is 0.777. The van der Waals surface area contributed by atoms with Gasteiger partial charge in [-0.25, -0.2) is 4.68 Å². The first-order valence-corrected chi connectivity index (χ1v) is 11.1. The first kappa shape index (κ1) is 21.7. The normalized spacial score (nSPS) is 14.5. The molecule has 4 rings (SSSR count). The van der Waals surface area contributed by atoms with Crippen molar-refractivity contribution in [3.63, 3.8) is 0 Å². The van der Waals surface area contributed by atoms with Crippen LogP contribution in [0.1, 0.15) is 47.0 Å². The second-order valence-electron chi connectivity index (χ2n) is 8.21. The summed E-state index contributed by atoms with van der Waals surface area (Å²) in [6.45, 7) is 3.86. The number of fused-ring (bicyclic) bond motifs is 1. The zero-order chi connectivity index (χ0) is 22.7. The molecule has 0 saturated carbocycles. The van der Waals surface area contributed by atoms with E-state index < -0.39 is 0 Å². The van der Waals surface area contributed by atoms with Gasteiger partial charge in [0.2, 0.25) is 0 Å². The highest BCUT2D eigenvalue weighted by Gasteiger charge is 2.31. The highest BCUT2D eigenvalue weighted by atomic mass is 16.2. The van der Waals surface area contributed by atoms with Gasteiger partial charge in [-0.05, 0) is 37.5 Å². The molecule has 3 aromatic rings. The van der Waals surface area contributed by atoms with Crippen LogP contribution in [0.15, 0.2) is 59.4 Å². The predicted octanol–water partition coefficient (Wildman–Crippen LogP) is 3.09. The van der Waals surface area contributed by atoms with E-state index in [1.807, 2.05) is 53.1 Å². The van der Waals surface area contributed by atoms with E-state index in [1.54, 1.807) is 25.2 Å². The summed E-state index contributed by atoms with van der Waals surface area (Å²) in [6.07, 6.45) is 2.25. The third-order valence-corrected chi connectivity index (χ3v) is 6.10. The third kappa shape index (κ3) is 4.15. The second kappa shape index (κ2) is 9.34. The minimum atomic E-state index is -0.216. The topological polar surface area (TPSA) is 75.5 Å². The molecule has 0 spiro atoms. The van der Waals surface area contributed by atoms with Gasteiger partial charge in [0.1, 0.15) is 0 Å². The number of nitrogens with zero attached hydrogens (tertiary/aromatic N) is 4. The van der Waals surface area contributed by atoms with Crippen molar-refractivity contribution in [3.05, 3.63) is 76.2 Å². The molecule has 1 saturated heterocycles. The summed E-state index contributed by atoms with van der Waals surface area (Å²) in [7, 11) is 1.57. The minimum Gasteiger partial charge on any atom is -0.338 e. The van der Waals surface area contributed by atoms with Crippen LogP contribution >= 0.6 is 0 Å². The Bertz CT molecular complexity index is 1180. The summed E-state index contributed by atoms with van der Waals surface area (Å²) in [6, 6.07) is 16.4. The van der Waals surface area contributed by atoms with E-state index in [4.69, 9.17) is 0 Å². The summed E-state index contributed by atoms with van der Waals surface area (Å²) in [4.78, 5) is 42.6. The Hall–Kier alpha value is -3.48. The molecule has 1 aliphatic rings. The highest BCUT2D eigenvalue weighted by molar-refractivity contribution is 6.05. The summed E-state index contributed by atoms with van der Waals surface area (Å²) < 4.78 is 1.24. The number of aromatic nitrogens is 2. The van der Waals surface area contributed by atoms with Gasteiger partial charge >= 0.3 is 0 Å². The number of likely N-dealkylation sites (tertiary alicyclic amines) is 1. The van der Waals surface area contributed by atoms with Crippen LogP contribution in [0.2, 0.25) is 0 Å². The zero-order valence-corrected chi connectivity index (χ0v) is 18.5. The molecule has 32 heavy (non-hydrogen) atoms. The van der Waals surface area contributed by atoms with E-state index in [2.05, 4.69) is 5.10 Å². The summed E-state index contributed by atoms with van der Waals surface area (Å²) in [5, 5.41) is 5.41. The molecular weight excluding hydrogens is 404 g/mol. The van der Waals surface area contributed by atoms with Crippen molar-refractivity contribution in [2.45, 2.75) is 32.2 Å². The fraction of sp³-hybridized carbons (Fsp3) is 0.360. The molecule has 0 aliphatic carbocycles. The van der Waals surface area contributed by atoms with Crippen LogP contribution in [-0.4, -0.2) is 57.1 Å². The Kier molecular flexibility index (Phi) is 6.35. The second-order valence-corrected chi connectivity index (χ2v) is 8.21. The van der Waals surface area contributed by atoms with Gasteiger partial charge in [-0.1, -0.05) is 43.3 Å². The van der Waals surface area contributed by atoms with E-state index in [-0.39, 0.29) is 23.4 Å². The number of rotatable bonds is 5. The maximum absolute atomic E-state index is 13.6. The molecule has 7 nitrogen and oxygen atoms in total. The van der Waals surface area contributed by atoms with E-state index in [9.17, 15) is 14.4 Å². The molecule has 0 unspecified atom stereocenters. The molecule has 1 aromatic heterocycles. The van der Waals surface area contributed by atoms with Crippen LogP contribution in [-0.2, 0) is 7.05 Å². The van der Waals surface area contributed by atoms with Gasteiger partial charge in [-0.2, -0.15) is 5.10 Å². The van der Waals surface area contributed by atoms with E-state index in [1.165, 1.54) is 4.68 Å².